The highest BCUT2D eigenvalue weighted by molar-refractivity contribution is 5.04. The molecule has 15 heavy (non-hydrogen) atoms. The molecule has 0 amide bonds. The van der Waals surface area contributed by atoms with Crippen LogP contribution in [0.25, 0.3) is 0 Å². The lowest BCUT2D eigenvalue weighted by Gasteiger charge is -2.26. The largest absolute Gasteiger partial charge is 0.303 e. The summed E-state index contributed by atoms with van der Waals surface area (Å²) in [4.78, 5) is 2.38. The molecule has 0 saturated heterocycles. The van der Waals surface area contributed by atoms with Crippen LogP contribution in [0.1, 0.15) is 39.5 Å². The van der Waals surface area contributed by atoms with Gasteiger partial charge >= 0.3 is 0 Å². The van der Waals surface area contributed by atoms with Gasteiger partial charge in [-0.25, -0.2) is 0 Å². The average Bonchev–Trinajstić information content (AvgIpc) is 3.07. The normalized spacial score (nSPS) is 19.9. The van der Waals surface area contributed by atoms with Crippen LogP contribution in [-0.4, -0.2) is 36.6 Å². The Morgan fingerprint density at radius 3 is 2.67 bits per heavy atom. The lowest BCUT2D eigenvalue weighted by atomic mass is 9.99. The van der Waals surface area contributed by atoms with E-state index in [1.54, 1.807) is 0 Å². The van der Waals surface area contributed by atoms with Gasteiger partial charge in [-0.2, -0.15) is 5.26 Å². The summed E-state index contributed by atoms with van der Waals surface area (Å²) in [5.74, 6) is 0. The molecule has 1 N–H and O–H groups in total. The highest BCUT2D eigenvalue weighted by atomic mass is 15.2. The first kappa shape index (κ1) is 12.5. The van der Waals surface area contributed by atoms with Gasteiger partial charge in [-0.3, -0.25) is 5.32 Å². The molecule has 1 rings (SSSR count). The quantitative estimate of drug-likeness (QED) is 0.694. The summed E-state index contributed by atoms with van der Waals surface area (Å²) < 4.78 is 0. The summed E-state index contributed by atoms with van der Waals surface area (Å²) in [5.41, 5.74) is -0.348. The molecule has 0 aromatic rings. The maximum absolute atomic E-state index is 9.15. The second kappa shape index (κ2) is 5.48. The zero-order chi connectivity index (χ0) is 11.3. The number of nitriles is 1. The van der Waals surface area contributed by atoms with Gasteiger partial charge in [0.15, 0.2) is 0 Å². The smallest absolute Gasteiger partial charge is 0.105 e. The van der Waals surface area contributed by atoms with Crippen LogP contribution in [0.15, 0.2) is 0 Å². The molecule has 1 atom stereocenters. The van der Waals surface area contributed by atoms with E-state index in [0.717, 1.165) is 32.0 Å². The van der Waals surface area contributed by atoms with Crippen molar-refractivity contribution in [2.45, 2.75) is 51.1 Å². The second-order valence-corrected chi connectivity index (χ2v) is 4.83. The molecule has 1 saturated carbocycles. The van der Waals surface area contributed by atoms with Crippen molar-refractivity contribution in [1.29, 1.82) is 5.26 Å². The minimum atomic E-state index is -0.348. The fraction of sp³-hybridized carbons (Fsp3) is 0.917. The number of hydrogen-bond acceptors (Lipinski definition) is 3. The minimum Gasteiger partial charge on any atom is -0.303 e. The molecule has 0 aliphatic heterocycles. The molecule has 0 heterocycles. The van der Waals surface area contributed by atoms with Crippen LogP contribution in [0, 0.1) is 11.3 Å². The van der Waals surface area contributed by atoms with Gasteiger partial charge in [-0.1, -0.05) is 6.92 Å². The van der Waals surface area contributed by atoms with E-state index in [4.69, 9.17) is 5.26 Å². The lowest BCUT2D eigenvalue weighted by Crippen LogP contribution is -2.44. The predicted molar refractivity (Wildman–Crippen MR) is 62.6 cm³/mol. The molecule has 86 valence electrons. The Balaban J connectivity index is 2.28. The molecule has 0 bridgehead atoms. The van der Waals surface area contributed by atoms with Gasteiger partial charge in [0.1, 0.15) is 5.54 Å². The Bertz CT molecular complexity index is 230. The molecule has 0 aromatic heterocycles. The Labute approximate surface area is 93.5 Å². The van der Waals surface area contributed by atoms with Gasteiger partial charge in [-0.05, 0) is 46.2 Å². The van der Waals surface area contributed by atoms with E-state index in [-0.39, 0.29) is 5.54 Å². The third kappa shape index (κ3) is 4.19. The SMILES string of the molecule is CCCNC(C)(C#N)CCN(C)C1CC1. The van der Waals surface area contributed by atoms with Crippen molar-refractivity contribution in [1.82, 2.24) is 10.2 Å². The van der Waals surface area contributed by atoms with Gasteiger partial charge in [0.25, 0.3) is 0 Å². The second-order valence-electron chi connectivity index (χ2n) is 4.83. The fourth-order valence-electron chi connectivity index (χ4n) is 1.68. The molecule has 1 unspecified atom stereocenters. The van der Waals surface area contributed by atoms with Gasteiger partial charge < -0.3 is 4.90 Å². The first-order chi connectivity index (χ1) is 7.11. The highest BCUT2D eigenvalue weighted by Crippen LogP contribution is 2.26. The number of hydrogen-bond donors (Lipinski definition) is 1. The Morgan fingerprint density at radius 1 is 1.53 bits per heavy atom. The van der Waals surface area contributed by atoms with Crippen LogP contribution in [0.5, 0.6) is 0 Å². The standard InChI is InChI=1S/C12H23N3/c1-4-8-14-12(2,10-13)7-9-15(3)11-5-6-11/h11,14H,4-9H2,1-3H3. The van der Waals surface area contributed by atoms with Crippen LogP contribution in [0.3, 0.4) is 0 Å². The summed E-state index contributed by atoms with van der Waals surface area (Å²) in [6, 6.07) is 3.18. The van der Waals surface area contributed by atoms with Crippen molar-refractivity contribution in [2.75, 3.05) is 20.1 Å². The summed E-state index contributed by atoms with van der Waals surface area (Å²) in [6.07, 6.45) is 4.66. The summed E-state index contributed by atoms with van der Waals surface area (Å²) in [6.45, 7) is 6.08. The Morgan fingerprint density at radius 2 is 2.20 bits per heavy atom. The molecule has 0 aromatic carbocycles. The van der Waals surface area contributed by atoms with Crippen LogP contribution >= 0.6 is 0 Å². The van der Waals surface area contributed by atoms with Crippen molar-refractivity contribution < 1.29 is 0 Å². The summed E-state index contributed by atoms with van der Waals surface area (Å²) >= 11 is 0. The monoisotopic (exact) mass is 209 g/mol. The first-order valence-corrected chi connectivity index (χ1v) is 5.98. The third-order valence-electron chi connectivity index (χ3n) is 3.15. The predicted octanol–water partition coefficient (Wildman–Crippen LogP) is 1.75. The number of nitrogens with one attached hydrogen (secondary N) is 1. The molecular formula is C12H23N3. The Kier molecular flexibility index (Phi) is 4.56. The van der Waals surface area contributed by atoms with Crippen LogP contribution in [0.2, 0.25) is 0 Å². The Hall–Kier alpha value is -0.590. The third-order valence-corrected chi connectivity index (χ3v) is 3.15. The van der Waals surface area contributed by atoms with E-state index in [2.05, 4.69) is 30.3 Å². The van der Waals surface area contributed by atoms with E-state index >= 15 is 0 Å². The zero-order valence-electron chi connectivity index (χ0n) is 10.2. The van der Waals surface area contributed by atoms with Gasteiger partial charge in [0.2, 0.25) is 0 Å². The van der Waals surface area contributed by atoms with E-state index in [1.807, 2.05) is 6.92 Å². The maximum atomic E-state index is 9.15. The van der Waals surface area contributed by atoms with Crippen molar-refractivity contribution in [3.05, 3.63) is 0 Å². The fourth-order valence-corrected chi connectivity index (χ4v) is 1.68. The molecule has 3 heteroatoms. The average molecular weight is 209 g/mol. The summed E-state index contributed by atoms with van der Waals surface area (Å²) in [7, 11) is 2.16. The maximum Gasteiger partial charge on any atom is 0.105 e. The molecule has 1 aliphatic rings. The van der Waals surface area contributed by atoms with Crippen LogP contribution in [-0.2, 0) is 0 Å². The van der Waals surface area contributed by atoms with E-state index < -0.39 is 0 Å². The number of rotatable bonds is 7. The summed E-state index contributed by atoms with van der Waals surface area (Å²) in [5, 5.41) is 12.5. The van der Waals surface area contributed by atoms with Crippen molar-refractivity contribution in [2.24, 2.45) is 0 Å². The van der Waals surface area contributed by atoms with Crippen LogP contribution < -0.4 is 5.32 Å². The zero-order valence-corrected chi connectivity index (χ0v) is 10.2. The van der Waals surface area contributed by atoms with Crippen molar-refractivity contribution in [3.8, 4) is 6.07 Å². The molecule has 1 fully saturated rings. The van der Waals surface area contributed by atoms with Gasteiger partial charge in [0.05, 0.1) is 6.07 Å². The molecule has 3 nitrogen and oxygen atoms in total. The molecule has 1 aliphatic carbocycles. The van der Waals surface area contributed by atoms with E-state index in [1.165, 1.54) is 12.8 Å². The van der Waals surface area contributed by atoms with E-state index in [9.17, 15) is 0 Å². The molecule has 0 radical (unpaired) electrons. The number of nitrogens with zero attached hydrogens (tertiary/aromatic N) is 2. The van der Waals surface area contributed by atoms with Crippen molar-refractivity contribution >= 4 is 0 Å². The van der Waals surface area contributed by atoms with Crippen LogP contribution in [0.4, 0.5) is 0 Å². The van der Waals surface area contributed by atoms with Crippen molar-refractivity contribution in [3.63, 3.8) is 0 Å². The topological polar surface area (TPSA) is 39.1 Å². The molecule has 0 spiro atoms. The molecular weight excluding hydrogens is 186 g/mol. The van der Waals surface area contributed by atoms with Gasteiger partial charge in [-0.15, -0.1) is 0 Å². The lowest BCUT2D eigenvalue weighted by molar-refractivity contribution is 0.280. The first-order valence-electron chi connectivity index (χ1n) is 5.98. The highest BCUT2D eigenvalue weighted by Gasteiger charge is 2.29. The minimum absolute atomic E-state index is 0.348. The van der Waals surface area contributed by atoms with Gasteiger partial charge in [0, 0.05) is 12.6 Å². The van der Waals surface area contributed by atoms with E-state index in [0.29, 0.717) is 0 Å².